The summed E-state index contributed by atoms with van der Waals surface area (Å²) in [5, 5.41) is 12.0. The molecule has 6 heteroatoms. The van der Waals surface area contributed by atoms with Crippen molar-refractivity contribution in [2.45, 2.75) is 51.1 Å². The molecule has 110 valence electrons. The molecule has 2 N–H and O–H groups in total. The first-order chi connectivity index (χ1) is 9.00. The molecule has 6 nitrogen and oxygen atoms in total. The van der Waals surface area contributed by atoms with Crippen LogP contribution in [0.25, 0.3) is 0 Å². The van der Waals surface area contributed by atoms with E-state index in [-0.39, 0.29) is 12.1 Å². The van der Waals surface area contributed by atoms with Crippen molar-refractivity contribution in [2.75, 3.05) is 20.3 Å². The SMILES string of the molecule is CCC(CC)(NC(=O)N(CCOC)C1CC1)C(=O)O. The predicted molar refractivity (Wildman–Crippen MR) is 71.1 cm³/mol. The first-order valence-electron chi connectivity index (χ1n) is 6.81. The first kappa shape index (κ1) is 15.8. The van der Waals surface area contributed by atoms with Crippen LogP contribution in [-0.2, 0) is 9.53 Å². The third kappa shape index (κ3) is 3.83. The number of hydrogen-bond donors (Lipinski definition) is 2. The summed E-state index contributed by atoms with van der Waals surface area (Å²) >= 11 is 0. The normalized spacial score (nSPS) is 15.1. The fourth-order valence-corrected chi connectivity index (χ4v) is 2.08. The number of rotatable bonds is 8. The van der Waals surface area contributed by atoms with Gasteiger partial charge in [-0.25, -0.2) is 9.59 Å². The van der Waals surface area contributed by atoms with Crippen molar-refractivity contribution in [3.8, 4) is 0 Å². The summed E-state index contributed by atoms with van der Waals surface area (Å²) in [6.45, 7) is 4.50. The Morgan fingerprint density at radius 3 is 2.32 bits per heavy atom. The van der Waals surface area contributed by atoms with E-state index in [9.17, 15) is 14.7 Å². The highest BCUT2D eigenvalue weighted by Gasteiger charge is 2.40. The van der Waals surface area contributed by atoms with E-state index in [1.807, 2.05) is 0 Å². The summed E-state index contributed by atoms with van der Waals surface area (Å²) in [6, 6.07) is -0.0685. The molecule has 0 heterocycles. The van der Waals surface area contributed by atoms with Gasteiger partial charge in [0.15, 0.2) is 0 Å². The first-order valence-corrected chi connectivity index (χ1v) is 6.81. The second-order valence-corrected chi connectivity index (χ2v) is 4.94. The van der Waals surface area contributed by atoms with Crippen LogP contribution in [0.2, 0.25) is 0 Å². The van der Waals surface area contributed by atoms with Gasteiger partial charge in [0.1, 0.15) is 5.54 Å². The van der Waals surface area contributed by atoms with Crippen LogP contribution in [0.5, 0.6) is 0 Å². The van der Waals surface area contributed by atoms with Crippen molar-refractivity contribution >= 4 is 12.0 Å². The van der Waals surface area contributed by atoms with E-state index >= 15 is 0 Å². The molecule has 0 aromatic carbocycles. The molecule has 0 aromatic rings. The molecular weight excluding hydrogens is 248 g/mol. The van der Waals surface area contributed by atoms with Gasteiger partial charge in [0, 0.05) is 19.7 Å². The van der Waals surface area contributed by atoms with Gasteiger partial charge in [0.25, 0.3) is 0 Å². The van der Waals surface area contributed by atoms with Crippen LogP contribution in [0.4, 0.5) is 4.79 Å². The lowest BCUT2D eigenvalue weighted by Crippen LogP contribution is -2.58. The van der Waals surface area contributed by atoms with Gasteiger partial charge < -0.3 is 20.1 Å². The van der Waals surface area contributed by atoms with Crippen molar-refractivity contribution in [3.63, 3.8) is 0 Å². The minimum Gasteiger partial charge on any atom is -0.480 e. The van der Waals surface area contributed by atoms with Gasteiger partial charge in [-0.15, -0.1) is 0 Å². The minimum atomic E-state index is -1.17. The van der Waals surface area contributed by atoms with E-state index in [1.165, 1.54) is 0 Å². The molecule has 0 spiro atoms. The molecule has 1 fully saturated rings. The van der Waals surface area contributed by atoms with Crippen LogP contribution in [0.15, 0.2) is 0 Å². The molecule has 0 aromatic heterocycles. The van der Waals surface area contributed by atoms with Gasteiger partial charge in [0.2, 0.25) is 0 Å². The van der Waals surface area contributed by atoms with Crippen molar-refractivity contribution in [1.82, 2.24) is 10.2 Å². The molecule has 2 amide bonds. The average molecular weight is 272 g/mol. The van der Waals surface area contributed by atoms with Crippen molar-refractivity contribution < 1.29 is 19.4 Å². The maximum absolute atomic E-state index is 12.3. The Morgan fingerprint density at radius 1 is 1.37 bits per heavy atom. The number of aliphatic carboxylic acids is 1. The lowest BCUT2D eigenvalue weighted by molar-refractivity contribution is -0.144. The molecule has 0 radical (unpaired) electrons. The Morgan fingerprint density at radius 2 is 1.95 bits per heavy atom. The number of carbonyl (C=O) groups is 2. The van der Waals surface area contributed by atoms with Crippen molar-refractivity contribution in [1.29, 1.82) is 0 Å². The number of hydrogen-bond acceptors (Lipinski definition) is 3. The van der Waals surface area contributed by atoms with E-state index in [0.717, 1.165) is 12.8 Å². The quantitative estimate of drug-likeness (QED) is 0.701. The van der Waals surface area contributed by atoms with Gasteiger partial charge in [0.05, 0.1) is 6.61 Å². The Balaban J connectivity index is 2.70. The highest BCUT2D eigenvalue weighted by atomic mass is 16.5. The van der Waals surface area contributed by atoms with E-state index in [0.29, 0.717) is 26.0 Å². The van der Waals surface area contributed by atoms with Gasteiger partial charge in [-0.05, 0) is 25.7 Å². The lowest BCUT2D eigenvalue weighted by Gasteiger charge is -2.32. The smallest absolute Gasteiger partial charge is 0.329 e. The van der Waals surface area contributed by atoms with Crippen LogP contribution in [0.1, 0.15) is 39.5 Å². The van der Waals surface area contributed by atoms with E-state index in [1.54, 1.807) is 25.9 Å². The fourth-order valence-electron chi connectivity index (χ4n) is 2.08. The molecule has 1 saturated carbocycles. The molecular formula is C13H24N2O4. The van der Waals surface area contributed by atoms with Crippen molar-refractivity contribution in [2.24, 2.45) is 0 Å². The van der Waals surface area contributed by atoms with Crippen LogP contribution in [0.3, 0.4) is 0 Å². The number of amides is 2. The second-order valence-electron chi connectivity index (χ2n) is 4.94. The molecule has 0 unspecified atom stereocenters. The van der Waals surface area contributed by atoms with Crippen LogP contribution < -0.4 is 5.32 Å². The number of ether oxygens (including phenoxy) is 1. The minimum absolute atomic E-state index is 0.232. The summed E-state index contributed by atoms with van der Waals surface area (Å²) in [5.41, 5.74) is -1.17. The fraction of sp³-hybridized carbons (Fsp3) is 0.846. The Kier molecular flexibility index (Phi) is 5.60. The lowest BCUT2D eigenvalue weighted by atomic mass is 9.93. The van der Waals surface area contributed by atoms with E-state index < -0.39 is 11.5 Å². The Hall–Kier alpha value is -1.30. The molecule has 0 aliphatic heterocycles. The monoisotopic (exact) mass is 272 g/mol. The van der Waals surface area contributed by atoms with E-state index in [4.69, 9.17) is 4.74 Å². The summed E-state index contributed by atoms with van der Waals surface area (Å²) in [4.78, 5) is 25.3. The van der Waals surface area contributed by atoms with Gasteiger partial charge in [-0.1, -0.05) is 13.8 Å². The molecule has 1 aliphatic rings. The van der Waals surface area contributed by atoms with Gasteiger partial charge in [-0.3, -0.25) is 0 Å². The zero-order chi connectivity index (χ0) is 14.5. The van der Waals surface area contributed by atoms with Gasteiger partial charge >= 0.3 is 12.0 Å². The molecule has 0 saturated heterocycles. The summed E-state index contributed by atoms with van der Waals surface area (Å²) in [6.07, 6.45) is 2.70. The maximum Gasteiger partial charge on any atom is 0.329 e. The predicted octanol–water partition coefficient (Wildman–Crippen LogP) is 1.45. The number of carboxylic acid groups (broad SMARTS) is 1. The molecule has 1 aliphatic carbocycles. The second kappa shape index (κ2) is 6.75. The molecule has 19 heavy (non-hydrogen) atoms. The number of methoxy groups -OCH3 is 1. The third-order valence-corrected chi connectivity index (χ3v) is 3.75. The molecule has 0 atom stereocenters. The Bertz CT molecular complexity index is 325. The van der Waals surface area contributed by atoms with Crippen LogP contribution >= 0.6 is 0 Å². The standard InChI is InChI=1S/C13H24N2O4/c1-4-13(5-2,11(16)17)14-12(18)15(8-9-19-3)10-6-7-10/h10H,4-9H2,1-3H3,(H,14,18)(H,16,17). The zero-order valence-electron chi connectivity index (χ0n) is 11.9. The van der Waals surface area contributed by atoms with Crippen molar-refractivity contribution in [3.05, 3.63) is 0 Å². The third-order valence-electron chi connectivity index (χ3n) is 3.75. The maximum atomic E-state index is 12.3. The highest BCUT2D eigenvalue weighted by molar-refractivity contribution is 5.86. The molecule has 1 rings (SSSR count). The number of urea groups is 1. The van der Waals surface area contributed by atoms with Crippen LogP contribution in [-0.4, -0.2) is 53.8 Å². The number of nitrogens with one attached hydrogen (secondary N) is 1. The summed E-state index contributed by atoms with van der Waals surface area (Å²) in [5.74, 6) is -0.978. The number of carbonyl (C=O) groups excluding carboxylic acids is 1. The van der Waals surface area contributed by atoms with E-state index in [2.05, 4.69) is 5.32 Å². The van der Waals surface area contributed by atoms with Gasteiger partial charge in [-0.2, -0.15) is 0 Å². The highest BCUT2D eigenvalue weighted by Crippen LogP contribution is 2.27. The average Bonchev–Trinajstić information content (AvgIpc) is 3.20. The number of carboxylic acids is 1. The molecule has 0 bridgehead atoms. The summed E-state index contributed by atoms with van der Waals surface area (Å²) in [7, 11) is 1.59. The largest absolute Gasteiger partial charge is 0.480 e. The van der Waals surface area contributed by atoms with Crippen LogP contribution in [0, 0.1) is 0 Å². The topological polar surface area (TPSA) is 78.9 Å². The zero-order valence-corrected chi connectivity index (χ0v) is 11.9. The number of nitrogens with zero attached hydrogens (tertiary/aromatic N) is 1. The Labute approximate surface area is 114 Å². The summed E-state index contributed by atoms with van der Waals surface area (Å²) < 4.78 is 4.99.